The molecule has 7 unspecified atom stereocenters. The van der Waals surface area contributed by atoms with Gasteiger partial charge in [0, 0.05) is 25.0 Å². The Bertz CT molecular complexity index is 950. The van der Waals surface area contributed by atoms with Crippen molar-refractivity contribution in [2.75, 3.05) is 19.7 Å². The molecule has 17 heteroatoms. The van der Waals surface area contributed by atoms with E-state index in [0.717, 1.165) is 0 Å². The topological polar surface area (TPSA) is 301 Å². The predicted octanol–water partition coefficient (Wildman–Crippen LogP) is -4.71. The van der Waals surface area contributed by atoms with Crippen molar-refractivity contribution in [3.63, 3.8) is 0 Å². The van der Waals surface area contributed by atoms with Gasteiger partial charge in [0.25, 0.3) is 5.91 Å². The van der Waals surface area contributed by atoms with Crippen molar-refractivity contribution in [2.45, 2.75) is 132 Å². The Hall–Kier alpha value is -1.58. The van der Waals surface area contributed by atoms with Crippen LogP contribution in [0.25, 0.3) is 0 Å². The second-order valence-electron chi connectivity index (χ2n) is 12.4. The minimum absolute atomic E-state index is 0.0291. The van der Waals surface area contributed by atoms with E-state index >= 15 is 0 Å². The molecule has 0 aromatic rings. The molecule has 0 radical (unpaired) electrons. The second-order valence-corrected chi connectivity index (χ2v) is 12.4. The molecule has 2 heterocycles. The third-order valence-electron chi connectivity index (χ3n) is 8.85. The Labute approximate surface area is 256 Å². The maximum Gasteiger partial charge on any atom is 0.251 e. The summed E-state index contributed by atoms with van der Waals surface area (Å²) >= 11 is 0. The third kappa shape index (κ3) is 8.81. The number of rotatable bonds is 12. The smallest absolute Gasteiger partial charge is 0.251 e. The minimum Gasteiger partial charge on any atom is -0.389 e. The molecule has 2 aliphatic heterocycles. The molecule has 3 rings (SSSR count). The zero-order valence-corrected chi connectivity index (χ0v) is 25.5. The normalized spacial score (nSPS) is 41.8. The number of carbonyl (C=O) groups is 1. The molecule has 0 aromatic heterocycles. The Kier molecular flexibility index (Phi) is 13.3. The monoisotopic (exact) mass is 636 g/mol. The number of hydrogen-bond donors (Lipinski definition) is 12. The zero-order chi connectivity index (χ0) is 32.9. The van der Waals surface area contributed by atoms with Gasteiger partial charge >= 0.3 is 0 Å². The van der Waals surface area contributed by atoms with E-state index in [1.54, 1.807) is 13.8 Å². The lowest BCUT2D eigenvalue weighted by Crippen LogP contribution is -2.68. The van der Waals surface area contributed by atoms with E-state index in [9.17, 15) is 35.4 Å². The first-order chi connectivity index (χ1) is 20.6. The summed E-state index contributed by atoms with van der Waals surface area (Å²) in [5, 5.41) is 76.1. The lowest BCUT2D eigenvalue weighted by molar-refractivity contribution is -0.314. The highest BCUT2D eigenvalue weighted by Gasteiger charge is 2.51. The van der Waals surface area contributed by atoms with Crippen molar-refractivity contribution in [1.29, 1.82) is 5.41 Å². The lowest BCUT2D eigenvalue weighted by atomic mass is 9.82. The van der Waals surface area contributed by atoms with Crippen LogP contribution >= 0.6 is 0 Å². The van der Waals surface area contributed by atoms with E-state index in [0.29, 0.717) is 19.3 Å². The summed E-state index contributed by atoms with van der Waals surface area (Å²) in [7, 11) is 0. The zero-order valence-electron chi connectivity index (χ0n) is 25.5. The SMILES string of the molecule is CCC(O)C(=N)NC[C@@H]1CCC(N)[C@@H](OC2C(O)C(O[C@H]3OCC(C)(O)[C@H](C)C3O)[C@H](NC(=O)[C@@H](O)[C@@H](O)CN)C[C@@H]2N)O1. The quantitative estimate of drug-likeness (QED) is 0.0707. The maximum atomic E-state index is 12.7. The molecule has 17 nitrogen and oxygen atoms in total. The number of aliphatic hydroxyl groups is 6. The number of amidine groups is 1. The van der Waals surface area contributed by atoms with E-state index in [-0.39, 0.29) is 32.0 Å². The molecule has 1 aliphatic carbocycles. The van der Waals surface area contributed by atoms with Crippen molar-refractivity contribution in [2.24, 2.45) is 23.1 Å². The Morgan fingerprint density at radius 1 is 1.09 bits per heavy atom. The molecule has 256 valence electrons. The highest BCUT2D eigenvalue weighted by molar-refractivity contribution is 5.83. The van der Waals surface area contributed by atoms with Gasteiger partial charge in [0.1, 0.15) is 42.5 Å². The second kappa shape index (κ2) is 15.8. The van der Waals surface area contributed by atoms with E-state index in [4.69, 9.17) is 41.6 Å². The van der Waals surface area contributed by atoms with Crippen LogP contribution in [-0.2, 0) is 23.7 Å². The third-order valence-corrected chi connectivity index (χ3v) is 8.85. The van der Waals surface area contributed by atoms with Crippen molar-refractivity contribution < 1.29 is 54.4 Å². The van der Waals surface area contributed by atoms with Crippen LogP contribution in [0.15, 0.2) is 0 Å². The summed E-state index contributed by atoms with van der Waals surface area (Å²) in [6.07, 6.45) is -10.9. The van der Waals surface area contributed by atoms with Gasteiger partial charge in [-0.1, -0.05) is 13.8 Å². The summed E-state index contributed by atoms with van der Waals surface area (Å²) < 4.78 is 23.8. The van der Waals surface area contributed by atoms with Crippen molar-refractivity contribution in [3.8, 4) is 0 Å². The van der Waals surface area contributed by atoms with E-state index in [1.807, 2.05) is 0 Å². The molecule has 15 N–H and O–H groups in total. The number of nitrogens with two attached hydrogens (primary N) is 3. The molecule has 15 atom stereocenters. The van der Waals surface area contributed by atoms with Crippen LogP contribution in [0.4, 0.5) is 0 Å². The molecule has 0 aromatic carbocycles. The Morgan fingerprint density at radius 2 is 1.75 bits per heavy atom. The number of ether oxygens (including phenoxy) is 4. The van der Waals surface area contributed by atoms with Crippen molar-refractivity contribution >= 4 is 11.7 Å². The largest absolute Gasteiger partial charge is 0.389 e. The summed E-state index contributed by atoms with van der Waals surface area (Å²) in [5.41, 5.74) is 16.7. The first-order valence-corrected chi connectivity index (χ1v) is 15.2. The van der Waals surface area contributed by atoms with Gasteiger partial charge in [-0.2, -0.15) is 0 Å². The lowest BCUT2D eigenvalue weighted by Gasteiger charge is -2.48. The Balaban J connectivity index is 1.77. The van der Waals surface area contributed by atoms with Crippen LogP contribution in [0.3, 0.4) is 0 Å². The fourth-order valence-electron chi connectivity index (χ4n) is 5.53. The Morgan fingerprint density at radius 3 is 2.39 bits per heavy atom. The van der Waals surface area contributed by atoms with Crippen LogP contribution in [0.1, 0.15) is 46.5 Å². The molecule has 0 bridgehead atoms. The van der Waals surface area contributed by atoms with Crippen LogP contribution in [0.5, 0.6) is 0 Å². The van der Waals surface area contributed by atoms with Gasteiger partial charge < -0.3 is 77.4 Å². The summed E-state index contributed by atoms with van der Waals surface area (Å²) in [4.78, 5) is 12.7. The van der Waals surface area contributed by atoms with E-state index in [1.165, 1.54) is 6.92 Å². The van der Waals surface area contributed by atoms with Gasteiger partial charge in [-0.25, -0.2) is 0 Å². The molecule has 44 heavy (non-hydrogen) atoms. The summed E-state index contributed by atoms with van der Waals surface area (Å²) in [6, 6.07) is -2.51. The summed E-state index contributed by atoms with van der Waals surface area (Å²) in [5.74, 6) is -1.69. The molecule has 0 spiro atoms. The molecule has 3 fully saturated rings. The standard InChI is InChI=1S/C27H52N6O11/c1-4-16(34)23(31)32-9-12-5-6-13(29)25(42-12)43-21-14(30)7-15(33-24(39)19(37)17(35)8-28)22(20(21)38)44-26-18(36)11(2)27(3,40)10-41-26/h11-22,25-26,34-38,40H,4-10,28-30H2,1-3H3,(H2,31,32)(H,33,39)/t11-,12+,13?,14+,15-,16?,17+,18?,19+,20?,21?,22?,25-,26-,27?/m1/s1. The average Bonchev–Trinajstić information content (AvgIpc) is 2.99. The molecule has 1 amide bonds. The predicted molar refractivity (Wildman–Crippen MR) is 155 cm³/mol. The van der Waals surface area contributed by atoms with Crippen LogP contribution in [-0.4, -0.2) is 147 Å². The van der Waals surface area contributed by atoms with Gasteiger partial charge in [-0.3, -0.25) is 10.2 Å². The van der Waals surface area contributed by atoms with Crippen LogP contribution in [0.2, 0.25) is 0 Å². The van der Waals surface area contributed by atoms with E-state index < -0.39 is 97.0 Å². The van der Waals surface area contributed by atoms with Gasteiger partial charge in [0.15, 0.2) is 18.7 Å². The summed E-state index contributed by atoms with van der Waals surface area (Å²) in [6.45, 7) is 4.54. The first kappa shape index (κ1) is 36.9. The highest BCUT2D eigenvalue weighted by Crippen LogP contribution is 2.34. The number of carbonyl (C=O) groups excluding carboxylic acids is 1. The van der Waals surface area contributed by atoms with Crippen LogP contribution < -0.4 is 27.8 Å². The van der Waals surface area contributed by atoms with Gasteiger partial charge in [-0.05, 0) is 32.6 Å². The van der Waals surface area contributed by atoms with Gasteiger partial charge in [0.2, 0.25) is 0 Å². The first-order valence-electron chi connectivity index (χ1n) is 15.2. The van der Waals surface area contributed by atoms with E-state index in [2.05, 4.69) is 10.6 Å². The number of aliphatic hydroxyl groups excluding tert-OH is 5. The van der Waals surface area contributed by atoms with Crippen LogP contribution in [0, 0.1) is 11.3 Å². The number of amides is 1. The van der Waals surface area contributed by atoms with Gasteiger partial charge in [-0.15, -0.1) is 0 Å². The average molecular weight is 637 g/mol. The number of nitrogens with one attached hydrogen (secondary N) is 3. The number of hydrogen-bond acceptors (Lipinski definition) is 15. The maximum absolute atomic E-state index is 12.7. The van der Waals surface area contributed by atoms with Crippen molar-refractivity contribution in [1.82, 2.24) is 10.6 Å². The molecule has 2 saturated heterocycles. The molecular weight excluding hydrogens is 584 g/mol. The highest BCUT2D eigenvalue weighted by atomic mass is 16.7. The molecule has 1 saturated carbocycles. The molecular formula is C27H52N6O11. The van der Waals surface area contributed by atoms with Gasteiger partial charge in [0.05, 0.1) is 30.4 Å². The fraction of sp³-hybridized carbons (Fsp3) is 0.926. The molecule has 3 aliphatic rings. The fourth-order valence-corrected chi connectivity index (χ4v) is 5.53. The minimum atomic E-state index is -1.87. The van der Waals surface area contributed by atoms with Crippen molar-refractivity contribution in [3.05, 3.63) is 0 Å².